The lowest BCUT2D eigenvalue weighted by atomic mass is 10.2. The van der Waals surface area contributed by atoms with Crippen molar-refractivity contribution in [3.8, 4) is 0 Å². The first-order chi connectivity index (χ1) is 9.60. The van der Waals surface area contributed by atoms with Crippen LogP contribution in [0.3, 0.4) is 0 Å². The zero-order valence-electron chi connectivity index (χ0n) is 11.1. The molecule has 2 rings (SSSR count). The molecule has 0 aliphatic heterocycles. The molecule has 0 aliphatic rings. The Hall–Kier alpha value is -2.50. The Bertz CT molecular complexity index is 633. The molecule has 1 heterocycles. The van der Waals surface area contributed by atoms with Crippen molar-refractivity contribution in [1.29, 1.82) is 0 Å². The Morgan fingerprint density at radius 1 is 1.35 bits per heavy atom. The fourth-order valence-corrected chi connectivity index (χ4v) is 1.77. The second-order valence-electron chi connectivity index (χ2n) is 4.22. The number of furan rings is 1. The van der Waals surface area contributed by atoms with Crippen LogP contribution in [0.25, 0.3) is 11.0 Å². The number of amides is 1. The summed E-state index contributed by atoms with van der Waals surface area (Å²) in [5.41, 5.74) is 6.85. The number of carbonyl (C=O) groups is 2. The van der Waals surface area contributed by atoms with Gasteiger partial charge in [-0.25, -0.2) is 0 Å². The summed E-state index contributed by atoms with van der Waals surface area (Å²) in [5, 5.41) is 3.36. The van der Waals surface area contributed by atoms with Crippen LogP contribution in [0.2, 0.25) is 0 Å². The van der Waals surface area contributed by atoms with Gasteiger partial charge in [0.1, 0.15) is 5.58 Å². The van der Waals surface area contributed by atoms with E-state index in [9.17, 15) is 9.59 Å². The lowest BCUT2D eigenvalue weighted by Gasteiger charge is -2.02. The van der Waals surface area contributed by atoms with E-state index in [1.807, 2.05) is 0 Å². The third-order valence-corrected chi connectivity index (χ3v) is 2.68. The lowest BCUT2D eigenvalue weighted by Crippen LogP contribution is -2.26. The van der Waals surface area contributed by atoms with Crippen LogP contribution in [0.5, 0.6) is 0 Å². The van der Waals surface area contributed by atoms with Crippen LogP contribution in [-0.2, 0) is 9.53 Å². The minimum absolute atomic E-state index is 0.132. The molecule has 0 saturated heterocycles. The summed E-state index contributed by atoms with van der Waals surface area (Å²) >= 11 is 0. The first-order valence-corrected chi connectivity index (χ1v) is 6.33. The van der Waals surface area contributed by atoms with Crippen LogP contribution >= 0.6 is 0 Å². The summed E-state index contributed by atoms with van der Waals surface area (Å²) in [7, 11) is 0. The highest BCUT2D eigenvalue weighted by Crippen LogP contribution is 2.21. The molecule has 0 saturated carbocycles. The fraction of sp³-hybridized carbons (Fsp3) is 0.286. The molecule has 0 aliphatic carbocycles. The molecule has 1 amide bonds. The van der Waals surface area contributed by atoms with Crippen LogP contribution in [0.1, 0.15) is 23.9 Å². The number of nitrogen functional groups attached to an aromatic ring is 1. The average Bonchev–Trinajstić information content (AvgIpc) is 2.82. The van der Waals surface area contributed by atoms with E-state index in [-0.39, 0.29) is 30.6 Å². The number of carbonyl (C=O) groups excluding carboxylic acids is 2. The van der Waals surface area contributed by atoms with E-state index in [1.54, 1.807) is 31.2 Å². The van der Waals surface area contributed by atoms with Crippen molar-refractivity contribution in [1.82, 2.24) is 5.32 Å². The quantitative estimate of drug-likeness (QED) is 0.640. The van der Waals surface area contributed by atoms with E-state index in [2.05, 4.69) is 5.32 Å². The van der Waals surface area contributed by atoms with Crippen molar-refractivity contribution in [3.63, 3.8) is 0 Å². The summed E-state index contributed by atoms with van der Waals surface area (Å²) in [6, 6.07) is 6.76. The molecule has 0 radical (unpaired) electrons. The number of esters is 1. The van der Waals surface area contributed by atoms with Crippen molar-refractivity contribution >= 4 is 28.5 Å². The van der Waals surface area contributed by atoms with Gasteiger partial charge in [0.2, 0.25) is 0 Å². The third kappa shape index (κ3) is 3.28. The average molecular weight is 276 g/mol. The minimum Gasteiger partial charge on any atom is -0.466 e. The smallest absolute Gasteiger partial charge is 0.307 e. The third-order valence-electron chi connectivity index (χ3n) is 2.68. The van der Waals surface area contributed by atoms with Crippen molar-refractivity contribution in [2.24, 2.45) is 0 Å². The minimum atomic E-state index is -0.371. The molecule has 20 heavy (non-hydrogen) atoms. The Balaban J connectivity index is 1.95. The first-order valence-electron chi connectivity index (χ1n) is 6.33. The van der Waals surface area contributed by atoms with Gasteiger partial charge in [-0.05, 0) is 31.2 Å². The van der Waals surface area contributed by atoms with Crippen LogP contribution in [0.15, 0.2) is 28.7 Å². The predicted molar refractivity (Wildman–Crippen MR) is 74.2 cm³/mol. The first kappa shape index (κ1) is 13.9. The van der Waals surface area contributed by atoms with Gasteiger partial charge in [-0.2, -0.15) is 0 Å². The molecule has 3 N–H and O–H groups in total. The second-order valence-corrected chi connectivity index (χ2v) is 4.22. The van der Waals surface area contributed by atoms with Gasteiger partial charge in [0, 0.05) is 17.6 Å². The number of benzene rings is 1. The maximum absolute atomic E-state index is 11.9. The molecule has 1 aromatic heterocycles. The van der Waals surface area contributed by atoms with E-state index >= 15 is 0 Å². The molecule has 0 bridgehead atoms. The van der Waals surface area contributed by atoms with Gasteiger partial charge < -0.3 is 20.2 Å². The molecule has 0 fully saturated rings. The van der Waals surface area contributed by atoms with Gasteiger partial charge in [0.05, 0.1) is 13.0 Å². The Morgan fingerprint density at radius 2 is 2.15 bits per heavy atom. The van der Waals surface area contributed by atoms with Gasteiger partial charge in [-0.15, -0.1) is 0 Å². The van der Waals surface area contributed by atoms with E-state index in [1.165, 1.54) is 0 Å². The van der Waals surface area contributed by atoms with Crippen molar-refractivity contribution in [2.45, 2.75) is 13.3 Å². The number of rotatable bonds is 5. The van der Waals surface area contributed by atoms with Gasteiger partial charge in [-0.1, -0.05) is 0 Å². The lowest BCUT2D eigenvalue weighted by molar-refractivity contribution is -0.142. The fourth-order valence-electron chi connectivity index (χ4n) is 1.77. The predicted octanol–water partition coefficient (Wildman–Crippen LogP) is 1.70. The van der Waals surface area contributed by atoms with Crippen LogP contribution in [0.4, 0.5) is 5.69 Å². The number of ether oxygens (including phenoxy) is 1. The highest BCUT2D eigenvalue weighted by molar-refractivity contribution is 5.96. The zero-order valence-corrected chi connectivity index (χ0v) is 11.1. The number of fused-ring (bicyclic) bond motifs is 1. The van der Waals surface area contributed by atoms with Crippen LogP contribution < -0.4 is 11.1 Å². The number of nitrogens with one attached hydrogen (secondary N) is 1. The van der Waals surface area contributed by atoms with Crippen LogP contribution in [-0.4, -0.2) is 25.0 Å². The van der Waals surface area contributed by atoms with Gasteiger partial charge >= 0.3 is 5.97 Å². The number of nitrogens with two attached hydrogens (primary N) is 1. The van der Waals surface area contributed by atoms with Crippen LogP contribution in [0, 0.1) is 0 Å². The number of hydrogen-bond acceptors (Lipinski definition) is 5. The monoisotopic (exact) mass is 276 g/mol. The normalized spacial score (nSPS) is 10.4. The Labute approximate surface area is 115 Å². The topological polar surface area (TPSA) is 94.6 Å². The van der Waals surface area contributed by atoms with E-state index in [4.69, 9.17) is 14.9 Å². The molecule has 6 heteroatoms. The standard InChI is InChI=1S/C14H16N2O4/c1-2-19-13(17)5-6-16-14(18)12-8-9-7-10(15)3-4-11(9)20-12/h3-4,7-8H,2,5-6,15H2,1H3,(H,16,18). The summed E-state index contributed by atoms with van der Waals surface area (Å²) in [6.45, 7) is 2.27. The molecule has 106 valence electrons. The second kappa shape index (κ2) is 6.10. The molecular weight excluding hydrogens is 260 g/mol. The summed E-state index contributed by atoms with van der Waals surface area (Å²) in [4.78, 5) is 23.0. The SMILES string of the molecule is CCOC(=O)CCNC(=O)c1cc2cc(N)ccc2o1. The molecule has 0 unspecified atom stereocenters. The Kier molecular flexibility index (Phi) is 4.24. The maximum atomic E-state index is 11.9. The maximum Gasteiger partial charge on any atom is 0.307 e. The largest absolute Gasteiger partial charge is 0.466 e. The van der Waals surface area contributed by atoms with Gasteiger partial charge in [-0.3, -0.25) is 9.59 Å². The number of anilines is 1. The van der Waals surface area contributed by atoms with E-state index < -0.39 is 0 Å². The summed E-state index contributed by atoms with van der Waals surface area (Å²) < 4.78 is 10.2. The van der Waals surface area contributed by atoms with Crippen molar-refractivity contribution in [3.05, 3.63) is 30.0 Å². The summed E-state index contributed by atoms with van der Waals surface area (Å²) in [6.07, 6.45) is 0.132. The molecule has 2 aromatic rings. The highest BCUT2D eigenvalue weighted by atomic mass is 16.5. The molecule has 1 aromatic carbocycles. The van der Waals surface area contributed by atoms with Gasteiger partial charge in [0.15, 0.2) is 5.76 Å². The van der Waals surface area contributed by atoms with E-state index in [0.29, 0.717) is 17.9 Å². The Morgan fingerprint density at radius 3 is 2.90 bits per heavy atom. The number of hydrogen-bond donors (Lipinski definition) is 2. The van der Waals surface area contributed by atoms with Crippen molar-refractivity contribution in [2.75, 3.05) is 18.9 Å². The highest BCUT2D eigenvalue weighted by Gasteiger charge is 2.12. The zero-order chi connectivity index (χ0) is 14.5. The van der Waals surface area contributed by atoms with Crippen molar-refractivity contribution < 1.29 is 18.7 Å². The molecule has 0 spiro atoms. The van der Waals surface area contributed by atoms with E-state index in [0.717, 1.165) is 5.39 Å². The van der Waals surface area contributed by atoms with Gasteiger partial charge in [0.25, 0.3) is 5.91 Å². The molecule has 6 nitrogen and oxygen atoms in total. The molecular formula is C14H16N2O4. The summed E-state index contributed by atoms with van der Waals surface area (Å²) in [5.74, 6) is -0.524. The molecule has 0 atom stereocenters.